The fourth-order valence-corrected chi connectivity index (χ4v) is 3.46. The predicted molar refractivity (Wildman–Crippen MR) is 103 cm³/mol. The molecular weight excluding hydrogens is 370 g/mol. The smallest absolute Gasteiger partial charge is 0.290 e. The first-order valence-electron chi connectivity index (χ1n) is 9.18. The summed E-state index contributed by atoms with van der Waals surface area (Å²) in [6.07, 6.45) is 8.21. The van der Waals surface area contributed by atoms with Crippen molar-refractivity contribution in [1.29, 1.82) is 0 Å². The Hall–Kier alpha value is -2.35. The first-order valence-corrected chi connectivity index (χ1v) is 9.56. The summed E-state index contributed by atoms with van der Waals surface area (Å²) in [5.41, 5.74) is 0.675. The van der Waals surface area contributed by atoms with E-state index in [1.54, 1.807) is 6.20 Å². The second-order valence-electron chi connectivity index (χ2n) is 6.41. The van der Waals surface area contributed by atoms with E-state index in [0.29, 0.717) is 17.3 Å². The van der Waals surface area contributed by atoms with E-state index in [0.717, 1.165) is 50.4 Å². The molecule has 2 N–H and O–H groups in total. The molecule has 9 heteroatoms. The van der Waals surface area contributed by atoms with Gasteiger partial charge in [0.2, 0.25) is 5.91 Å². The van der Waals surface area contributed by atoms with Gasteiger partial charge in [-0.1, -0.05) is 31.9 Å². The van der Waals surface area contributed by atoms with Crippen LogP contribution < -0.4 is 0 Å². The van der Waals surface area contributed by atoms with Crippen LogP contribution in [0.5, 0.6) is 0 Å². The van der Waals surface area contributed by atoms with Crippen LogP contribution >= 0.6 is 11.6 Å². The quantitative estimate of drug-likeness (QED) is 0.700. The van der Waals surface area contributed by atoms with Crippen molar-refractivity contribution < 1.29 is 14.7 Å². The van der Waals surface area contributed by atoms with Crippen LogP contribution in [0, 0.1) is 0 Å². The molecule has 0 radical (unpaired) electrons. The summed E-state index contributed by atoms with van der Waals surface area (Å²) in [5.74, 6) is 1.83. The van der Waals surface area contributed by atoms with Gasteiger partial charge < -0.3 is 19.6 Å². The van der Waals surface area contributed by atoms with Gasteiger partial charge in [-0.05, 0) is 12.8 Å². The molecule has 0 aromatic carbocycles. The highest BCUT2D eigenvalue weighted by molar-refractivity contribution is 6.31. The minimum absolute atomic E-state index is 0.0911. The van der Waals surface area contributed by atoms with Gasteiger partial charge in [0.15, 0.2) is 5.82 Å². The zero-order chi connectivity index (χ0) is 19.8. The molecule has 1 fully saturated rings. The van der Waals surface area contributed by atoms with Crippen LogP contribution in [-0.4, -0.2) is 55.0 Å². The van der Waals surface area contributed by atoms with Gasteiger partial charge in [0.25, 0.3) is 6.47 Å². The maximum absolute atomic E-state index is 12.2. The fourth-order valence-electron chi connectivity index (χ4n) is 3.22. The number of likely N-dealkylation sites (tertiary alicyclic amines) is 1. The zero-order valence-corrected chi connectivity index (χ0v) is 16.4. The Labute approximate surface area is 163 Å². The van der Waals surface area contributed by atoms with Gasteiger partial charge in [-0.25, -0.2) is 9.97 Å². The highest BCUT2D eigenvalue weighted by atomic mass is 35.5. The van der Waals surface area contributed by atoms with E-state index in [1.165, 1.54) is 0 Å². The number of carboxylic acid groups (broad SMARTS) is 1. The van der Waals surface area contributed by atoms with Crippen LogP contribution in [0.25, 0.3) is 11.5 Å². The van der Waals surface area contributed by atoms with Crippen molar-refractivity contribution in [1.82, 2.24) is 24.4 Å². The molecule has 2 aromatic heterocycles. The van der Waals surface area contributed by atoms with E-state index in [1.807, 2.05) is 15.7 Å². The number of nitrogens with one attached hydrogen (secondary N) is 1. The number of hydrogen-bond donors (Lipinski definition) is 2. The lowest BCUT2D eigenvalue weighted by molar-refractivity contribution is -0.127. The number of aromatic amines is 1. The molecule has 0 saturated carbocycles. The number of amides is 1. The summed E-state index contributed by atoms with van der Waals surface area (Å²) in [4.78, 5) is 34.7. The molecule has 148 valence electrons. The second-order valence-corrected chi connectivity index (χ2v) is 6.79. The summed E-state index contributed by atoms with van der Waals surface area (Å²) in [7, 11) is 0. The first-order chi connectivity index (χ1) is 13.0. The molecule has 0 bridgehead atoms. The molecule has 1 atom stereocenters. The van der Waals surface area contributed by atoms with Crippen LogP contribution in [0.3, 0.4) is 0 Å². The Morgan fingerprint density at radius 1 is 1.41 bits per heavy atom. The highest BCUT2D eigenvalue weighted by Crippen LogP contribution is 2.30. The van der Waals surface area contributed by atoms with Crippen molar-refractivity contribution in [3.05, 3.63) is 23.4 Å². The standard InChI is InChI=1S/C17H24ClN5O.CH2O2/c1-3-5-6-13-20-15(16(18)21-13)17-19-7-9-23(17)12-10-14(24)22(11-12)8-4-2;2-1-3/h7,9,12H,3-6,8,10-11H2,1-2H3,(H,20,21);1H,(H,2,3). The number of unbranched alkanes of at least 4 members (excludes halogenated alkanes) is 1. The predicted octanol–water partition coefficient (Wildman–Crippen LogP) is 3.15. The van der Waals surface area contributed by atoms with Crippen molar-refractivity contribution in [2.24, 2.45) is 0 Å². The molecule has 1 aliphatic rings. The molecule has 0 aliphatic carbocycles. The second kappa shape index (κ2) is 10.1. The van der Waals surface area contributed by atoms with Gasteiger partial charge >= 0.3 is 0 Å². The normalized spacial score (nSPS) is 16.3. The minimum Gasteiger partial charge on any atom is -0.483 e. The summed E-state index contributed by atoms with van der Waals surface area (Å²) in [5, 5.41) is 7.41. The number of imidazole rings is 2. The number of nitrogens with zero attached hydrogens (tertiary/aromatic N) is 4. The van der Waals surface area contributed by atoms with E-state index < -0.39 is 0 Å². The number of carbonyl (C=O) groups is 2. The van der Waals surface area contributed by atoms with Gasteiger partial charge in [-0.2, -0.15) is 0 Å². The third kappa shape index (κ3) is 5.09. The molecule has 27 heavy (non-hydrogen) atoms. The lowest BCUT2D eigenvalue weighted by atomic mass is 10.2. The fraction of sp³-hybridized carbons (Fsp3) is 0.556. The summed E-state index contributed by atoms with van der Waals surface area (Å²) in [6, 6.07) is 0.0911. The van der Waals surface area contributed by atoms with Gasteiger partial charge in [-0.3, -0.25) is 9.59 Å². The largest absolute Gasteiger partial charge is 0.483 e. The maximum Gasteiger partial charge on any atom is 0.290 e. The Bertz CT molecular complexity index is 758. The van der Waals surface area contributed by atoms with Crippen molar-refractivity contribution in [2.45, 2.75) is 52.0 Å². The molecule has 2 aromatic rings. The molecule has 1 unspecified atom stereocenters. The number of halogens is 1. The number of H-pyrrole nitrogens is 1. The van der Waals surface area contributed by atoms with E-state index in [9.17, 15) is 4.79 Å². The molecule has 1 aliphatic heterocycles. The average Bonchev–Trinajstić information content (AvgIpc) is 3.33. The van der Waals surface area contributed by atoms with Gasteiger partial charge in [-0.15, -0.1) is 0 Å². The van der Waals surface area contributed by atoms with Crippen molar-refractivity contribution in [3.63, 3.8) is 0 Å². The van der Waals surface area contributed by atoms with Crippen LogP contribution in [0.1, 0.15) is 51.4 Å². The molecular formula is C18H26ClN5O3. The summed E-state index contributed by atoms with van der Waals surface area (Å²) >= 11 is 6.35. The zero-order valence-electron chi connectivity index (χ0n) is 15.7. The first kappa shape index (κ1) is 21.0. The molecule has 8 nitrogen and oxygen atoms in total. The number of aromatic nitrogens is 4. The molecule has 3 heterocycles. The third-order valence-electron chi connectivity index (χ3n) is 4.44. The summed E-state index contributed by atoms with van der Waals surface area (Å²) < 4.78 is 2.04. The molecule has 3 rings (SSSR count). The van der Waals surface area contributed by atoms with Crippen molar-refractivity contribution in [2.75, 3.05) is 13.1 Å². The average molecular weight is 396 g/mol. The Morgan fingerprint density at radius 2 is 2.15 bits per heavy atom. The van der Waals surface area contributed by atoms with Crippen LogP contribution in [0.15, 0.2) is 12.4 Å². The third-order valence-corrected chi connectivity index (χ3v) is 4.71. The SMILES string of the molecule is CCCCc1nc(-c2nccn2C2CC(=O)N(CCC)C2)c(Cl)[nH]1.O=CO. The maximum atomic E-state index is 12.2. The lowest BCUT2D eigenvalue weighted by Crippen LogP contribution is -2.26. The van der Waals surface area contributed by atoms with Crippen LogP contribution in [0.2, 0.25) is 5.15 Å². The number of hydrogen-bond acceptors (Lipinski definition) is 4. The van der Waals surface area contributed by atoms with Crippen molar-refractivity contribution in [3.8, 4) is 11.5 Å². The van der Waals surface area contributed by atoms with Crippen LogP contribution in [-0.2, 0) is 16.0 Å². The minimum atomic E-state index is -0.250. The lowest BCUT2D eigenvalue weighted by Gasteiger charge is -2.17. The van der Waals surface area contributed by atoms with Crippen molar-refractivity contribution >= 4 is 24.0 Å². The van der Waals surface area contributed by atoms with Gasteiger partial charge in [0, 0.05) is 38.3 Å². The van der Waals surface area contributed by atoms with E-state index in [2.05, 4.69) is 28.8 Å². The Morgan fingerprint density at radius 3 is 2.81 bits per heavy atom. The molecule has 1 amide bonds. The Balaban J connectivity index is 0.000000817. The highest BCUT2D eigenvalue weighted by Gasteiger charge is 2.32. The number of carbonyl (C=O) groups excluding carboxylic acids is 1. The molecule has 1 saturated heterocycles. The Kier molecular flexibility index (Phi) is 7.84. The molecule has 0 spiro atoms. The van der Waals surface area contributed by atoms with Crippen LogP contribution in [0.4, 0.5) is 0 Å². The monoisotopic (exact) mass is 395 g/mol. The van der Waals surface area contributed by atoms with Gasteiger partial charge in [0.05, 0.1) is 6.04 Å². The van der Waals surface area contributed by atoms with E-state index in [4.69, 9.17) is 21.5 Å². The number of aryl methyl sites for hydroxylation is 1. The number of rotatable bonds is 7. The van der Waals surface area contributed by atoms with E-state index >= 15 is 0 Å². The van der Waals surface area contributed by atoms with E-state index in [-0.39, 0.29) is 18.4 Å². The summed E-state index contributed by atoms with van der Waals surface area (Å²) in [6.45, 7) is 5.52. The van der Waals surface area contributed by atoms with Gasteiger partial charge in [0.1, 0.15) is 16.7 Å². The topological polar surface area (TPSA) is 104 Å².